The second-order valence-electron chi connectivity index (χ2n) is 7.60. The molecule has 3 aliphatic heterocycles. The van der Waals surface area contributed by atoms with Gasteiger partial charge in [-0.05, 0) is 75.2 Å². The maximum atomic E-state index is 12.8. The fraction of sp³-hybridized carbons (Fsp3) is 0.364. The van der Waals surface area contributed by atoms with Crippen LogP contribution in [0.1, 0.15) is 40.5 Å². The van der Waals surface area contributed by atoms with E-state index in [4.69, 9.17) is 5.73 Å². The molecule has 5 nitrogen and oxygen atoms in total. The highest BCUT2D eigenvalue weighted by Gasteiger charge is 2.40. The van der Waals surface area contributed by atoms with Gasteiger partial charge < -0.3 is 11.1 Å². The summed E-state index contributed by atoms with van der Waals surface area (Å²) in [4.78, 5) is 28.6. The molecule has 2 bridgehead atoms. The van der Waals surface area contributed by atoms with E-state index in [1.807, 2.05) is 36.4 Å². The van der Waals surface area contributed by atoms with Crippen molar-refractivity contribution in [3.63, 3.8) is 0 Å². The Balaban J connectivity index is 1.43. The summed E-state index contributed by atoms with van der Waals surface area (Å²) in [5.74, 6) is 0.134. The average Bonchev–Trinajstić information content (AvgIpc) is 2.71. The molecule has 2 aromatic rings. The number of hydrogen-bond donors (Lipinski definition) is 2. The van der Waals surface area contributed by atoms with Crippen molar-refractivity contribution in [1.82, 2.24) is 10.2 Å². The summed E-state index contributed by atoms with van der Waals surface area (Å²) in [5, 5.41) is 3.26. The van der Waals surface area contributed by atoms with Crippen LogP contribution in [0.3, 0.4) is 0 Å². The Hall–Kier alpha value is -2.31. The lowest BCUT2D eigenvalue weighted by Crippen LogP contribution is -2.62. The van der Waals surface area contributed by atoms with E-state index in [1.165, 1.54) is 24.6 Å². The van der Waals surface area contributed by atoms with Crippen molar-refractivity contribution >= 4 is 23.6 Å². The Morgan fingerprint density at radius 2 is 1.75 bits per heavy atom. The van der Waals surface area contributed by atoms with Crippen LogP contribution in [0, 0.1) is 5.92 Å². The lowest BCUT2D eigenvalue weighted by atomic mass is 9.79. The third-order valence-electron chi connectivity index (χ3n) is 5.97. The first-order valence-corrected chi connectivity index (χ1v) is 10.6. The molecule has 0 aliphatic carbocycles. The van der Waals surface area contributed by atoms with Gasteiger partial charge in [-0.25, -0.2) is 0 Å². The second kappa shape index (κ2) is 7.97. The van der Waals surface area contributed by atoms with E-state index in [9.17, 15) is 9.59 Å². The van der Waals surface area contributed by atoms with E-state index < -0.39 is 5.91 Å². The fourth-order valence-corrected chi connectivity index (χ4v) is 5.29. The van der Waals surface area contributed by atoms with Gasteiger partial charge in [-0.1, -0.05) is 23.9 Å². The van der Waals surface area contributed by atoms with Crippen LogP contribution in [0.15, 0.2) is 58.3 Å². The molecule has 3 aliphatic rings. The van der Waals surface area contributed by atoms with Gasteiger partial charge in [-0.3, -0.25) is 14.5 Å². The first kappa shape index (κ1) is 19.0. The first-order chi connectivity index (χ1) is 13.5. The molecule has 2 atom stereocenters. The molecule has 28 heavy (non-hydrogen) atoms. The summed E-state index contributed by atoms with van der Waals surface area (Å²) < 4.78 is 0. The van der Waals surface area contributed by atoms with Gasteiger partial charge in [0.2, 0.25) is 5.91 Å². The SMILES string of the molecule is C[C@H]1[C@H](NC(=O)c2ccc(Sc3ccccc3C(N)=O)cc2)C2CCN1CC2. The van der Waals surface area contributed by atoms with Crippen LogP contribution in [0.25, 0.3) is 0 Å². The number of hydrogen-bond acceptors (Lipinski definition) is 4. The number of carbonyl (C=O) groups is 2. The Labute approximate surface area is 169 Å². The number of nitrogens with two attached hydrogens (primary N) is 1. The number of primary amides is 1. The van der Waals surface area contributed by atoms with E-state index in [0.29, 0.717) is 23.1 Å². The zero-order valence-electron chi connectivity index (χ0n) is 15.9. The van der Waals surface area contributed by atoms with Crippen molar-refractivity contribution in [3.05, 3.63) is 59.7 Å². The highest BCUT2D eigenvalue weighted by Crippen LogP contribution is 2.33. The molecule has 146 valence electrons. The lowest BCUT2D eigenvalue weighted by Gasteiger charge is -2.49. The van der Waals surface area contributed by atoms with Gasteiger partial charge >= 0.3 is 0 Å². The van der Waals surface area contributed by atoms with Crippen LogP contribution in [0.2, 0.25) is 0 Å². The van der Waals surface area contributed by atoms with Crippen LogP contribution in [-0.2, 0) is 0 Å². The maximum absolute atomic E-state index is 12.8. The van der Waals surface area contributed by atoms with Gasteiger partial charge in [0.15, 0.2) is 0 Å². The monoisotopic (exact) mass is 395 g/mol. The fourth-order valence-electron chi connectivity index (χ4n) is 4.34. The number of amides is 2. The van der Waals surface area contributed by atoms with Crippen LogP contribution < -0.4 is 11.1 Å². The molecule has 5 rings (SSSR count). The molecule has 0 unspecified atom stereocenters. The normalized spacial score (nSPS) is 26.0. The molecular weight excluding hydrogens is 370 g/mol. The Bertz CT molecular complexity index is 874. The molecule has 0 saturated carbocycles. The molecule has 3 N–H and O–H groups in total. The zero-order chi connectivity index (χ0) is 19.7. The van der Waals surface area contributed by atoms with E-state index in [-0.39, 0.29) is 11.9 Å². The molecule has 6 heteroatoms. The van der Waals surface area contributed by atoms with E-state index in [1.54, 1.807) is 12.1 Å². The number of fused-ring (bicyclic) bond motifs is 3. The molecule has 3 heterocycles. The lowest BCUT2D eigenvalue weighted by molar-refractivity contribution is 0.0217. The van der Waals surface area contributed by atoms with Crippen molar-refractivity contribution in [2.24, 2.45) is 11.7 Å². The van der Waals surface area contributed by atoms with Crippen LogP contribution in [0.5, 0.6) is 0 Å². The summed E-state index contributed by atoms with van der Waals surface area (Å²) in [5.41, 5.74) is 6.62. The maximum Gasteiger partial charge on any atom is 0.251 e. The van der Waals surface area contributed by atoms with Crippen LogP contribution >= 0.6 is 11.8 Å². The zero-order valence-corrected chi connectivity index (χ0v) is 16.7. The number of nitrogens with zero attached hydrogens (tertiary/aromatic N) is 1. The number of rotatable bonds is 5. The van der Waals surface area contributed by atoms with Crippen molar-refractivity contribution < 1.29 is 9.59 Å². The molecule has 3 fully saturated rings. The van der Waals surface area contributed by atoms with Crippen molar-refractivity contribution in [2.45, 2.75) is 41.6 Å². The third kappa shape index (κ3) is 3.80. The summed E-state index contributed by atoms with van der Waals surface area (Å²) >= 11 is 1.47. The minimum atomic E-state index is -0.439. The first-order valence-electron chi connectivity index (χ1n) is 9.74. The van der Waals surface area contributed by atoms with E-state index in [2.05, 4.69) is 17.1 Å². The van der Waals surface area contributed by atoms with Gasteiger partial charge in [-0.2, -0.15) is 0 Å². The van der Waals surface area contributed by atoms with Crippen LogP contribution in [0.4, 0.5) is 0 Å². The number of benzene rings is 2. The highest BCUT2D eigenvalue weighted by molar-refractivity contribution is 7.99. The summed E-state index contributed by atoms with van der Waals surface area (Å²) in [7, 11) is 0. The van der Waals surface area contributed by atoms with Gasteiger partial charge in [0.1, 0.15) is 0 Å². The molecule has 2 aromatic carbocycles. The standard InChI is InChI=1S/C22H25N3O2S/c1-14-20(15-10-12-25(14)13-11-15)24-22(27)16-6-8-17(9-7-16)28-19-5-3-2-4-18(19)21(23)26/h2-9,14-15,20H,10-13H2,1H3,(H2,23,26)(H,24,27)/t14-,20-/m0/s1. The predicted octanol–water partition coefficient (Wildman–Crippen LogP) is 3.15. The largest absolute Gasteiger partial charge is 0.366 e. The van der Waals surface area contributed by atoms with E-state index in [0.717, 1.165) is 22.9 Å². The molecule has 2 amide bonds. The minimum absolute atomic E-state index is 0.0142. The number of carbonyl (C=O) groups excluding carboxylic acids is 2. The van der Waals surface area contributed by atoms with E-state index >= 15 is 0 Å². The van der Waals surface area contributed by atoms with Crippen molar-refractivity contribution in [3.8, 4) is 0 Å². The molecule has 0 radical (unpaired) electrons. The molecule has 3 saturated heterocycles. The Morgan fingerprint density at radius 1 is 1.07 bits per heavy atom. The van der Waals surface area contributed by atoms with Crippen molar-refractivity contribution in [2.75, 3.05) is 13.1 Å². The summed E-state index contributed by atoms with van der Waals surface area (Å²) in [6.07, 6.45) is 2.34. The van der Waals surface area contributed by atoms with Crippen LogP contribution in [-0.4, -0.2) is 41.9 Å². The Morgan fingerprint density at radius 3 is 2.39 bits per heavy atom. The average molecular weight is 396 g/mol. The van der Waals surface area contributed by atoms with Gasteiger partial charge in [0, 0.05) is 27.4 Å². The highest BCUT2D eigenvalue weighted by atomic mass is 32.2. The Kier molecular flexibility index (Phi) is 5.42. The second-order valence-corrected chi connectivity index (χ2v) is 8.72. The summed E-state index contributed by atoms with van der Waals surface area (Å²) in [6.45, 7) is 4.51. The van der Waals surface area contributed by atoms with Crippen molar-refractivity contribution in [1.29, 1.82) is 0 Å². The quantitative estimate of drug-likeness (QED) is 0.816. The number of nitrogens with one attached hydrogen (secondary N) is 1. The molecule has 0 spiro atoms. The minimum Gasteiger partial charge on any atom is -0.366 e. The smallest absolute Gasteiger partial charge is 0.251 e. The summed E-state index contributed by atoms with van der Waals surface area (Å²) in [6, 6.07) is 15.4. The molecular formula is C22H25N3O2S. The number of piperidine rings is 3. The van der Waals surface area contributed by atoms with Gasteiger partial charge in [0.25, 0.3) is 5.91 Å². The van der Waals surface area contributed by atoms with Gasteiger partial charge in [0.05, 0.1) is 5.56 Å². The third-order valence-corrected chi connectivity index (χ3v) is 7.06. The predicted molar refractivity (Wildman–Crippen MR) is 111 cm³/mol. The molecule has 0 aromatic heterocycles. The topological polar surface area (TPSA) is 75.4 Å². The van der Waals surface area contributed by atoms with Gasteiger partial charge in [-0.15, -0.1) is 0 Å².